The van der Waals surface area contributed by atoms with E-state index >= 15 is 0 Å². The van der Waals surface area contributed by atoms with Gasteiger partial charge in [-0.05, 0) is 38.0 Å². The lowest BCUT2D eigenvalue weighted by molar-refractivity contribution is 0.0321. The van der Waals surface area contributed by atoms with Gasteiger partial charge in [0.1, 0.15) is 0 Å². The number of hydrogen-bond acceptors (Lipinski definition) is 1. The Bertz CT molecular complexity index is 198. The first-order valence-electron chi connectivity index (χ1n) is 7.81. The van der Waals surface area contributed by atoms with Crippen molar-refractivity contribution in [3.05, 3.63) is 0 Å². The third-order valence-electron chi connectivity index (χ3n) is 4.25. The largest absolute Gasteiger partial charge is 0.390 e. The maximum Gasteiger partial charge on any atom is 0.0622 e. The van der Waals surface area contributed by atoms with Gasteiger partial charge in [0.25, 0.3) is 0 Å². The predicted molar refractivity (Wildman–Crippen MR) is 75.1 cm³/mol. The van der Waals surface area contributed by atoms with Gasteiger partial charge < -0.3 is 5.11 Å². The van der Waals surface area contributed by atoms with Crippen LogP contribution in [-0.2, 0) is 0 Å². The molecule has 0 saturated heterocycles. The Morgan fingerprint density at radius 2 is 1.71 bits per heavy atom. The molecule has 0 bridgehead atoms. The molecule has 0 heterocycles. The molecule has 0 amide bonds. The lowest BCUT2D eigenvalue weighted by atomic mass is 9.91. The summed E-state index contributed by atoms with van der Waals surface area (Å²) in [4.78, 5) is 0. The molecule has 102 valence electrons. The monoisotopic (exact) mass is 240 g/mol. The molecule has 1 saturated carbocycles. The van der Waals surface area contributed by atoms with Crippen LogP contribution in [0.25, 0.3) is 0 Å². The van der Waals surface area contributed by atoms with Crippen molar-refractivity contribution in [3.63, 3.8) is 0 Å². The molecule has 0 aromatic rings. The second kappa shape index (κ2) is 7.41. The van der Waals surface area contributed by atoms with E-state index in [1.54, 1.807) is 0 Å². The van der Waals surface area contributed by atoms with Crippen LogP contribution in [0.5, 0.6) is 0 Å². The van der Waals surface area contributed by atoms with E-state index < -0.39 is 0 Å². The zero-order valence-electron chi connectivity index (χ0n) is 12.2. The molecule has 0 radical (unpaired) electrons. The first-order valence-corrected chi connectivity index (χ1v) is 7.81. The van der Waals surface area contributed by atoms with E-state index in [0.717, 1.165) is 24.7 Å². The van der Waals surface area contributed by atoms with Crippen molar-refractivity contribution >= 4 is 0 Å². The number of rotatable bonds is 10. The van der Waals surface area contributed by atoms with Crippen LogP contribution in [0, 0.1) is 11.8 Å². The second-order valence-corrected chi connectivity index (χ2v) is 6.41. The van der Waals surface area contributed by atoms with Crippen molar-refractivity contribution in [3.8, 4) is 0 Å². The molecule has 1 aliphatic rings. The quantitative estimate of drug-likeness (QED) is 0.537. The molecule has 3 unspecified atom stereocenters. The van der Waals surface area contributed by atoms with Gasteiger partial charge in [-0.15, -0.1) is 0 Å². The van der Waals surface area contributed by atoms with Crippen molar-refractivity contribution in [2.75, 3.05) is 0 Å². The highest BCUT2D eigenvalue weighted by atomic mass is 16.3. The molecule has 3 atom stereocenters. The maximum atomic E-state index is 10.4. The Balaban J connectivity index is 2.05. The highest BCUT2D eigenvalue weighted by molar-refractivity contribution is 4.91. The Morgan fingerprint density at radius 1 is 1.00 bits per heavy atom. The number of aliphatic hydroxyl groups is 1. The van der Waals surface area contributed by atoms with Crippen molar-refractivity contribution in [1.82, 2.24) is 0 Å². The summed E-state index contributed by atoms with van der Waals surface area (Å²) in [5, 5.41) is 10.4. The van der Waals surface area contributed by atoms with Gasteiger partial charge in [0.2, 0.25) is 0 Å². The molecular weight excluding hydrogens is 208 g/mol. The van der Waals surface area contributed by atoms with Crippen LogP contribution in [0.15, 0.2) is 0 Å². The smallest absolute Gasteiger partial charge is 0.0622 e. The van der Waals surface area contributed by atoms with E-state index in [1.165, 1.54) is 51.4 Å². The Hall–Kier alpha value is -0.0400. The highest BCUT2D eigenvalue weighted by Crippen LogP contribution is 2.47. The molecule has 1 heteroatoms. The summed E-state index contributed by atoms with van der Waals surface area (Å²) in [6, 6.07) is 0. The van der Waals surface area contributed by atoms with Crippen molar-refractivity contribution in [2.24, 2.45) is 11.8 Å². The second-order valence-electron chi connectivity index (χ2n) is 6.41. The Labute approximate surface area is 108 Å². The highest BCUT2D eigenvalue weighted by Gasteiger charge is 2.40. The SMILES string of the molecule is CCCCCCCC(C)(O)CC1CC1CCC. The minimum atomic E-state index is -0.390. The fourth-order valence-corrected chi connectivity index (χ4v) is 3.06. The summed E-state index contributed by atoms with van der Waals surface area (Å²) >= 11 is 0. The molecule has 0 aromatic heterocycles. The minimum Gasteiger partial charge on any atom is -0.390 e. The van der Waals surface area contributed by atoms with Gasteiger partial charge in [-0.1, -0.05) is 58.8 Å². The zero-order valence-corrected chi connectivity index (χ0v) is 12.2. The van der Waals surface area contributed by atoms with Crippen LogP contribution in [0.2, 0.25) is 0 Å². The van der Waals surface area contributed by atoms with Crippen LogP contribution >= 0.6 is 0 Å². The normalized spacial score (nSPS) is 26.8. The molecule has 1 N–H and O–H groups in total. The summed E-state index contributed by atoms with van der Waals surface area (Å²) in [7, 11) is 0. The van der Waals surface area contributed by atoms with Crippen molar-refractivity contribution < 1.29 is 5.11 Å². The Morgan fingerprint density at radius 3 is 2.35 bits per heavy atom. The molecule has 1 aliphatic carbocycles. The summed E-state index contributed by atoms with van der Waals surface area (Å²) in [6.45, 7) is 6.56. The molecule has 0 spiro atoms. The molecule has 17 heavy (non-hydrogen) atoms. The standard InChI is InChI=1S/C16H32O/c1-4-6-7-8-9-11-16(3,17)13-15-12-14(15)10-5-2/h14-15,17H,4-13H2,1-3H3. The first-order chi connectivity index (χ1) is 8.09. The molecule has 1 nitrogen and oxygen atoms in total. The van der Waals surface area contributed by atoms with Gasteiger partial charge in [0.15, 0.2) is 0 Å². The lowest BCUT2D eigenvalue weighted by Gasteiger charge is -2.23. The average Bonchev–Trinajstić information content (AvgIpc) is 2.95. The van der Waals surface area contributed by atoms with Crippen molar-refractivity contribution in [1.29, 1.82) is 0 Å². The predicted octanol–water partition coefficient (Wildman–Crippen LogP) is 4.92. The third kappa shape index (κ3) is 6.45. The van der Waals surface area contributed by atoms with Crippen LogP contribution in [-0.4, -0.2) is 10.7 Å². The van der Waals surface area contributed by atoms with Gasteiger partial charge in [0, 0.05) is 0 Å². The lowest BCUT2D eigenvalue weighted by Crippen LogP contribution is -2.24. The van der Waals surface area contributed by atoms with Crippen LogP contribution < -0.4 is 0 Å². The van der Waals surface area contributed by atoms with E-state index in [4.69, 9.17) is 0 Å². The van der Waals surface area contributed by atoms with E-state index in [1.807, 2.05) is 6.92 Å². The molecule has 0 aliphatic heterocycles. The number of unbranched alkanes of at least 4 members (excludes halogenated alkanes) is 4. The third-order valence-corrected chi connectivity index (χ3v) is 4.25. The summed E-state index contributed by atoms with van der Waals surface area (Å²) in [6.07, 6.45) is 12.6. The van der Waals surface area contributed by atoms with Crippen LogP contribution in [0.3, 0.4) is 0 Å². The van der Waals surface area contributed by atoms with Gasteiger partial charge >= 0.3 is 0 Å². The maximum absolute atomic E-state index is 10.4. The van der Waals surface area contributed by atoms with E-state index in [0.29, 0.717) is 0 Å². The van der Waals surface area contributed by atoms with Gasteiger partial charge in [-0.2, -0.15) is 0 Å². The van der Waals surface area contributed by atoms with Crippen molar-refractivity contribution in [2.45, 2.75) is 90.6 Å². The van der Waals surface area contributed by atoms with Gasteiger partial charge in [-0.3, -0.25) is 0 Å². The minimum absolute atomic E-state index is 0.390. The molecule has 1 rings (SSSR count). The van der Waals surface area contributed by atoms with Crippen LogP contribution in [0.4, 0.5) is 0 Å². The first kappa shape index (κ1) is 15.0. The fourth-order valence-electron chi connectivity index (χ4n) is 3.06. The summed E-state index contributed by atoms with van der Waals surface area (Å²) in [5.74, 6) is 1.77. The molecule has 1 fully saturated rings. The molecular formula is C16H32O. The topological polar surface area (TPSA) is 20.2 Å². The summed E-state index contributed by atoms with van der Waals surface area (Å²) in [5.41, 5.74) is -0.390. The average molecular weight is 240 g/mol. The zero-order chi connectivity index (χ0) is 12.7. The summed E-state index contributed by atoms with van der Waals surface area (Å²) < 4.78 is 0. The number of hydrogen-bond donors (Lipinski definition) is 1. The molecule has 0 aromatic carbocycles. The Kier molecular flexibility index (Phi) is 6.54. The van der Waals surface area contributed by atoms with E-state index in [-0.39, 0.29) is 5.60 Å². The van der Waals surface area contributed by atoms with Gasteiger partial charge in [0.05, 0.1) is 5.60 Å². The van der Waals surface area contributed by atoms with Gasteiger partial charge in [-0.25, -0.2) is 0 Å². The van der Waals surface area contributed by atoms with E-state index in [9.17, 15) is 5.11 Å². The fraction of sp³-hybridized carbons (Fsp3) is 1.00. The van der Waals surface area contributed by atoms with Crippen LogP contribution in [0.1, 0.15) is 85.0 Å². The van der Waals surface area contributed by atoms with E-state index in [2.05, 4.69) is 13.8 Å².